The molecule has 0 radical (unpaired) electrons. The lowest BCUT2D eigenvalue weighted by Crippen LogP contribution is -2.29. The molecule has 4 aromatic rings. The molecule has 3 aromatic carbocycles. The molecule has 6 nitrogen and oxygen atoms in total. The highest BCUT2D eigenvalue weighted by Crippen LogP contribution is 2.46. The molecule has 2 heterocycles. The number of benzene rings is 3. The first-order valence-corrected chi connectivity index (χ1v) is 13.9. The van der Waals surface area contributed by atoms with Crippen molar-refractivity contribution in [2.75, 3.05) is 4.90 Å². The van der Waals surface area contributed by atoms with E-state index >= 15 is 0 Å². The fourth-order valence-electron chi connectivity index (χ4n) is 3.92. The number of aliphatic hydroxyl groups is 1. The largest absolute Gasteiger partial charge is 0.507 e. The highest BCUT2D eigenvalue weighted by Gasteiger charge is 2.49. The molecular formula is C26H15Cl3FN3O3S2. The van der Waals surface area contributed by atoms with E-state index in [2.05, 4.69) is 10.2 Å². The van der Waals surface area contributed by atoms with E-state index in [-0.39, 0.29) is 21.5 Å². The molecule has 1 saturated heterocycles. The number of rotatable bonds is 6. The van der Waals surface area contributed by atoms with Gasteiger partial charge in [0.05, 0.1) is 11.6 Å². The normalized spacial score (nSPS) is 16.8. The molecule has 192 valence electrons. The minimum atomic E-state index is -1.10. The van der Waals surface area contributed by atoms with Gasteiger partial charge in [0.15, 0.2) is 4.34 Å². The van der Waals surface area contributed by atoms with E-state index in [1.54, 1.807) is 42.5 Å². The summed E-state index contributed by atoms with van der Waals surface area (Å²) in [5.41, 5.74) is 0.977. The minimum absolute atomic E-state index is 0.120. The molecule has 0 bridgehead atoms. The Morgan fingerprint density at radius 3 is 2.42 bits per heavy atom. The molecule has 0 spiro atoms. The number of hydrogen-bond donors (Lipinski definition) is 1. The average molecular weight is 607 g/mol. The number of ketones is 1. The molecule has 1 aliphatic rings. The molecule has 1 aromatic heterocycles. The number of aliphatic hydroxyl groups excluding tert-OH is 1. The molecule has 1 unspecified atom stereocenters. The molecule has 12 heteroatoms. The van der Waals surface area contributed by atoms with Crippen molar-refractivity contribution in [1.29, 1.82) is 0 Å². The third-order valence-electron chi connectivity index (χ3n) is 5.73. The van der Waals surface area contributed by atoms with Crippen LogP contribution >= 0.6 is 57.9 Å². The van der Waals surface area contributed by atoms with Crippen LogP contribution in [0.4, 0.5) is 9.52 Å². The number of thioether (sulfide) groups is 1. The number of carbonyl (C=O) groups excluding carboxylic acids is 2. The zero-order valence-electron chi connectivity index (χ0n) is 19.1. The molecule has 0 aliphatic carbocycles. The van der Waals surface area contributed by atoms with Crippen LogP contribution in [0.3, 0.4) is 0 Å². The van der Waals surface area contributed by atoms with Gasteiger partial charge in [-0.05, 0) is 53.6 Å². The molecule has 1 amide bonds. The summed E-state index contributed by atoms with van der Waals surface area (Å²) in [6, 6.07) is 16.1. The summed E-state index contributed by atoms with van der Waals surface area (Å²) in [5, 5.41) is 20.5. The van der Waals surface area contributed by atoms with Crippen molar-refractivity contribution >= 4 is 80.5 Å². The number of carbonyl (C=O) groups is 2. The van der Waals surface area contributed by atoms with Crippen LogP contribution in [0.5, 0.6) is 0 Å². The first-order chi connectivity index (χ1) is 18.2. The standard InChI is InChI=1S/C26H15Cl3FN3O3S2/c27-15-7-5-13(6-8-15)22(34)20-21(17-10-9-16(28)11-18(17)29)33(24(36)23(20)35)25-31-32-26(38-25)37-12-14-3-1-2-4-19(14)30/h1-11,21,34H,12H2/b22-20-. The van der Waals surface area contributed by atoms with Crippen LogP contribution in [-0.2, 0) is 15.3 Å². The Morgan fingerprint density at radius 1 is 1.00 bits per heavy atom. The van der Waals surface area contributed by atoms with E-state index in [9.17, 15) is 19.1 Å². The maximum atomic E-state index is 14.0. The van der Waals surface area contributed by atoms with Gasteiger partial charge < -0.3 is 5.11 Å². The Labute approximate surface area is 239 Å². The topological polar surface area (TPSA) is 83.4 Å². The number of halogens is 4. The predicted octanol–water partition coefficient (Wildman–Crippen LogP) is 7.56. The smallest absolute Gasteiger partial charge is 0.301 e. The lowest BCUT2D eigenvalue weighted by Gasteiger charge is -2.23. The molecule has 1 N–H and O–H groups in total. The number of hydrogen-bond acceptors (Lipinski definition) is 7. The van der Waals surface area contributed by atoms with Crippen molar-refractivity contribution in [3.05, 3.63) is 110 Å². The quantitative estimate of drug-likeness (QED) is 0.0802. The van der Waals surface area contributed by atoms with E-state index in [1.807, 2.05) is 0 Å². The van der Waals surface area contributed by atoms with Crippen molar-refractivity contribution in [2.45, 2.75) is 16.1 Å². The van der Waals surface area contributed by atoms with E-state index in [0.717, 1.165) is 16.2 Å². The summed E-state index contributed by atoms with van der Waals surface area (Å²) in [6.45, 7) is 0. The van der Waals surface area contributed by atoms with Crippen LogP contribution in [0.25, 0.3) is 5.76 Å². The predicted molar refractivity (Wildman–Crippen MR) is 149 cm³/mol. The highest BCUT2D eigenvalue weighted by molar-refractivity contribution is 8.00. The second kappa shape index (κ2) is 11.0. The Hall–Kier alpha value is -2.95. The Morgan fingerprint density at radius 2 is 1.71 bits per heavy atom. The summed E-state index contributed by atoms with van der Waals surface area (Å²) < 4.78 is 14.5. The third kappa shape index (κ3) is 5.17. The zero-order chi connectivity index (χ0) is 27.0. The zero-order valence-corrected chi connectivity index (χ0v) is 23.0. The van der Waals surface area contributed by atoms with Gasteiger partial charge in [0.2, 0.25) is 5.13 Å². The fourth-order valence-corrected chi connectivity index (χ4v) is 6.42. The summed E-state index contributed by atoms with van der Waals surface area (Å²) in [5.74, 6) is -2.25. The van der Waals surface area contributed by atoms with Gasteiger partial charge in [-0.25, -0.2) is 4.39 Å². The van der Waals surface area contributed by atoms with Crippen LogP contribution in [0.1, 0.15) is 22.7 Å². The Kier molecular flexibility index (Phi) is 7.74. The van der Waals surface area contributed by atoms with Crippen molar-refractivity contribution in [1.82, 2.24) is 10.2 Å². The summed E-state index contributed by atoms with van der Waals surface area (Å²) in [7, 11) is 0. The van der Waals surface area contributed by atoms with E-state index < -0.39 is 23.5 Å². The summed E-state index contributed by atoms with van der Waals surface area (Å²) in [6.07, 6.45) is 0. The average Bonchev–Trinajstić information content (AvgIpc) is 3.46. The van der Waals surface area contributed by atoms with Gasteiger partial charge in [0, 0.05) is 26.4 Å². The number of anilines is 1. The van der Waals surface area contributed by atoms with Crippen molar-refractivity contribution in [3.8, 4) is 0 Å². The molecule has 5 rings (SSSR count). The SMILES string of the molecule is O=C1C(=O)N(c2nnc(SCc3ccccc3F)s2)C(c2ccc(Cl)cc2Cl)/C1=C(/O)c1ccc(Cl)cc1. The monoisotopic (exact) mass is 605 g/mol. The van der Waals surface area contributed by atoms with Crippen LogP contribution in [-0.4, -0.2) is 27.0 Å². The van der Waals surface area contributed by atoms with Gasteiger partial charge in [0.25, 0.3) is 5.78 Å². The van der Waals surface area contributed by atoms with Crippen LogP contribution in [0.2, 0.25) is 15.1 Å². The van der Waals surface area contributed by atoms with E-state index in [1.165, 1.54) is 36.0 Å². The summed E-state index contributed by atoms with van der Waals surface area (Å²) >= 11 is 20.9. The van der Waals surface area contributed by atoms with Gasteiger partial charge in [-0.2, -0.15) is 0 Å². The lowest BCUT2D eigenvalue weighted by atomic mass is 9.95. The maximum absolute atomic E-state index is 14.0. The fraction of sp³-hybridized carbons (Fsp3) is 0.0769. The van der Waals surface area contributed by atoms with Crippen molar-refractivity contribution < 1.29 is 19.1 Å². The van der Waals surface area contributed by atoms with E-state index in [4.69, 9.17) is 34.8 Å². The van der Waals surface area contributed by atoms with E-state index in [0.29, 0.717) is 36.8 Å². The summed E-state index contributed by atoms with van der Waals surface area (Å²) in [4.78, 5) is 27.8. The molecule has 1 fully saturated rings. The number of amides is 1. The Bertz CT molecular complexity index is 1590. The molecule has 38 heavy (non-hydrogen) atoms. The minimum Gasteiger partial charge on any atom is -0.507 e. The number of aromatic nitrogens is 2. The number of nitrogens with zero attached hydrogens (tertiary/aromatic N) is 3. The van der Waals surface area contributed by atoms with Crippen molar-refractivity contribution in [2.24, 2.45) is 0 Å². The van der Waals surface area contributed by atoms with Gasteiger partial charge in [-0.3, -0.25) is 14.5 Å². The second-order valence-corrected chi connectivity index (χ2v) is 11.5. The molecule has 1 aliphatic heterocycles. The van der Waals surface area contributed by atoms with Crippen molar-refractivity contribution in [3.63, 3.8) is 0 Å². The van der Waals surface area contributed by atoms with Crippen LogP contribution < -0.4 is 4.90 Å². The molecule has 1 atom stereocenters. The van der Waals surface area contributed by atoms with Gasteiger partial charge in [-0.1, -0.05) is 82.2 Å². The molecular weight excluding hydrogens is 592 g/mol. The maximum Gasteiger partial charge on any atom is 0.301 e. The second-order valence-electron chi connectivity index (χ2n) is 8.07. The first kappa shape index (κ1) is 26.6. The van der Waals surface area contributed by atoms with Gasteiger partial charge >= 0.3 is 5.91 Å². The Balaban J connectivity index is 1.57. The first-order valence-electron chi connectivity index (χ1n) is 11.0. The van der Waals surface area contributed by atoms with Gasteiger partial charge in [0.1, 0.15) is 11.6 Å². The lowest BCUT2D eigenvalue weighted by molar-refractivity contribution is -0.132. The third-order valence-corrected chi connectivity index (χ3v) is 8.65. The molecule has 0 saturated carbocycles. The number of Topliss-reactive ketones (excluding diaryl/α,β-unsaturated/α-hetero) is 1. The van der Waals surface area contributed by atoms with Crippen LogP contribution in [0, 0.1) is 5.82 Å². The van der Waals surface area contributed by atoms with Crippen LogP contribution in [0.15, 0.2) is 76.6 Å². The van der Waals surface area contributed by atoms with Gasteiger partial charge in [-0.15, -0.1) is 10.2 Å². The highest BCUT2D eigenvalue weighted by atomic mass is 35.5.